The summed E-state index contributed by atoms with van der Waals surface area (Å²) in [5.41, 5.74) is 5.60. The van der Waals surface area contributed by atoms with Gasteiger partial charge in [0.05, 0.1) is 23.8 Å². The number of aryl methyl sites for hydroxylation is 1. The molecule has 0 aliphatic carbocycles. The fourth-order valence-corrected chi connectivity index (χ4v) is 5.73. The molecule has 3 fully saturated rings. The second kappa shape index (κ2) is 10.2. The molecule has 6 nitrogen and oxygen atoms in total. The molecule has 3 aliphatic heterocycles. The number of likely N-dealkylation sites (N-methyl/N-ethyl adjacent to an activating group) is 1. The van der Waals surface area contributed by atoms with Crippen molar-refractivity contribution in [3.05, 3.63) is 58.5 Å². The summed E-state index contributed by atoms with van der Waals surface area (Å²) >= 11 is 1.46. The lowest BCUT2D eigenvalue weighted by Crippen LogP contribution is -2.36. The molecular formula is C27H32N4O2S. The van der Waals surface area contributed by atoms with Gasteiger partial charge in [-0.3, -0.25) is 9.69 Å². The van der Waals surface area contributed by atoms with Crippen LogP contribution in [0.2, 0.25) is 0 Å². The van der Waals surface area contributed by atoms with Gasteiger partial charge in [0, 0.05) is 44.1 Å². The van der Waals surface area contributed by atoms with Crippen molar-refractivity contribution < 1.29 is 9.53 Å². The van der Waals surface area contributed by atoms with Gasteiger partial charge in [-0.2, -0.15) is 0 Å². The van der Waals surface area contributed by atoms with Crippen molar-refractivity contribution in [2.75, 3.05) is 55.7 Å². The van der Waals surface area contributed by atoms with E-state index in [1.54, 1.807) is 4.90 Å². The second-order valence-electron chi connectivity index (χ2n) is 8.91. The number of amidine groups is 1. The van der Waals surface area contributed by atoms with E-state index in [0.29, 0.717) is 6.54 Å². The molecule has 5 rings (SSSR count). The number of hydrogen-bond donors (Lipinski definition) is 0. The molecule has 3 heterocycles. The zero-order valence-corrected chi connectivity index (χ0v) is 20.8. The van der Waals surface area contributed by atoms with E-state index in [1.807, 2.05) is 25.1 Å². The predicted molar refractivity (Wildman–Crippen MR) is 142 cm³/mol. The van der Waals surface area contributed by atoms with Crippen molar-refractivity contribution in [2.24, 2.45) is 4.99 Å². The lowest BCUT2D eigenvalue weighted by Gasteiger charge is -2.28. The largest absolute Gasteiger partial charge is 0.378 e. The Hall–Kier alpha value is -2.77. The van der Waals surface area contributed by atoms with Crippen LogP contribution in [-0.4, -0.2) is 61.9 Å². The summed E-state index contributed by atoms with van der Waals surface area (Å²) in [5, 5.41) is 0.740. The van der Waals surface area contributed by atoms with Gasteiger partial charge in [0.1, 0.15) is 0 Å². The van der Waals surface area contributed by atoms with E-state index in [4.69, 9.17) is 9.73 Å². The molecule has 0 atom stereocenters. The van der Waals surface area contributed by atoms with Crippen LogP contribution in [0.3, 0.4) is 0 Å². The number of morpholine rings is 1. The van der Waals surface area contributed by atoms with Crippen LogP contribution in [-0.2, 0) is 9.53 Å². The van der Waals surface area contributed by atoms with Gasteiger partial charge in [-0.1, -0.05) is 6.07 Å². The fraction of sp³-hybridized carbons (Fsp3) is 0.407. The van der Waals surface area contributed by atoms with E-state index in [1.165, 1.54) is 41.5 Å². The maximum absolute atomic E-state index is 13.1. The Balaban J connectivity index is 1.34. The standard InChI is InChI=1S/C27H32N4O2S/c1-3-31-26(32)25(19-21-6-9-24(18-20(21)2)29-12-4-5-13-29)34-27(31)28-22-7-10-23(11-8-22)30-14-16-33-17-15-30/h6-11,18-19H,3-5,12-17H2,1-2H3/b25-19-,28-27?. The maximum atomic E-state index is 13.1. The van der Waals surface area contributed by atoms with Gasteiger partial charge in [0.2, 0.25) is 0 Å². The topological polar surface area (TPSA) is 48.4 Å². The van der Waals surface area contributed by atoms with Crippen LogP contribution in [0.4, 0.5) is 17.1 Å². The summed E-state index contributed by atoms with van der Waals surface area (Å²) in [5.74, 6) is 0.0270. The second-order valence-corrected chi connectivity index (χ2v) is 9.91. The number of rotatable bonds is 5. The molecule has 1 amide bonds. The number of aliphatic imine (C=N–C) groups is 1. The lowest BCUT2D eigenvalue weighted by molar-refractivity contribution is -0.122. The van der Waals surface area contributed by atoms with Crippen LogP contribution < -0.4 is 9.80 Å². The monoisotopic (exact) mass is 476 g/mol. The first kappa shape index (κ1) is 23.0. The van der Waals surface area contributed by atoms with Gasteiger partial charge < -0.3 is 14.5 Å². The van der Waals surface area contributed by atoms with Crippen molar-refractivity contribution >= 4 is 46.0 Å². The zero-order valence-electron chi connectivity index (χ0n) is 20.0. The molecule has 2 aromatic rings. The molecule has 3 saturated heterocycles. The highest BCUT2D eigenvalue weighted by molar-refractivity contribution is 8.18. The average molecular weight is 477 g/mol. The quantitative estimate of drug-likeness (QED) is 0.565. The molecule has 0 spiro atoms. The molecule has 0 N–H and O–H groups in total. The predicted octanol–water partition coefficient (Wildman–Crippen LogP) is 5.06. The molecule has 7 heteroatoms. The van der Waals surface area contributed by atoms with Gasteiger partial charge in [0.25, 0.3) is 5.91 Å². The Bertz CT molecular complexity index is 1100. The minimum atomic E-state index is 0.0270. The number of anilines is 2. The number of nitrogens with zero attached hydrogens (tertiary/aromatic N) is 4. The summed E-state index contributed by atoms with van der Waals surface area (Å²) in [6, 6.07) is 14.8. The van der Waals surface area contributed by atoms with Gasteiger partial charge >= 0.3 is 0 Å². The summed E-state index contributed by atoms with van der Waals surface area (Å²) in [6.07, 6.45) is 4.55. The SMILES string of the molecule is CCN1C(=O)/C(=C/c2ccc(N3CCCC3)cc2C)SC1=Nc1ccc(N2CCOCC2)cc1. The number of hydrogen-bond acceptors (Lipinski definition) is 6. The number of ether oxygens (including phenoxy) is 1. The highest BCUT2D eigenvalue weighted by atomic mass is 32.2. The Kier molecular flexibility index (Phi) is 6.92. The van der Waals surface area contributed by atoms with Crippen LogP contribution in [0, 0.1) is 6.92 Å². The van der Waals surface area contributed by atoms with Crippen molar-refractivity contribution in [3.63, 3.8) is 0 Å². The number of thioether (sulfide) groups is 1. The van der Waals surface area contributed by atoms with E-state index < -0.39 is 0 Å². The number of carbonyl (C=O) groups excluding carboxylic acids is 1. The van der Waals surface area contributed by atoms with E-state index in [9.17, 15) is 4.79 Å². The minimum absolute atomic E-state index is 0.0270. The van der Waals surface area contributed by atoms with Crippen LogP contribution in [0.1, 0.15) is 30.9 Å². The van der Waals surface area contributed by atoms with Crippen LogP contribution in [0.5, 0.6) is 0 Å². The van der Waals surface area contributed by atoms with Crippen LogP contribution in [0.15, 0.2) is 52.4 Å². The molecule has 0 saturated carbocycles. The van der Waals surface area contributed by atoms with E-state index in [0.717, 1.165) is 60.7 Å². The molecule has 0 bridgehead atoms. The van der Waals surface area contributed by atoms with Gasteiger partial charge in [0.15, 0.2) is 5.17 Å². The highest BCUT2D eigenvalue weighted by Crippen LogP contribution is 2.35. The number of carbonyl (C=O) groups is 1. The molecule has 0 unspecified atom stereocenters. The fourth-order valence-electron chi connectivity index (χ4n) is 4.68. The highest BCUT2D eigenvalue weighted by Gasteiger charge is 2.32. The van der Waals surface area contributed by atoms with E-state index >= 15 is 0 Å². The normalized spacial score (nSPS) is 21.4. The number of amides is 1. The molecule has 2 aromatic carbocycles. The van der Waals surface area contributed by atoms with Gasteiger partial charge in [-0.05, 0) is 92.1 Å². The summed E-state index contributed by atoms with van der Waals surface area (Å²) in [7, 11) is 0. The van der Waals surface area contributed by atoms with Crippen molar-refractivity contribution in [1.29, 1.82) is 0 Å². The average Bonchev–Trinajstić information content (AvgIpc) is 3.50. The number of benzene rings is 2. The first-order valence-electron chi connectivity index (χ1n) is 12.2. The van der Waals surface area contributed by atoms with Crippen molar-refractivity contribution in [3.8, 4) is 0 Å². The maximum Gasteiger partial charge on any atom is 0.266 e. The van der Waals surface area contributed by atoms with Crippen molar-refractivity contribution in [2.45, 2.75) is 26.7 Å². The summed E-state index contributed by atoms with van der Waals surface area (Å²) < 4.78 is 5.45. The lowest BCUT2D eigenvalue weighted by atomic mass is 10.1. The third-order valence-electron chi connectivity index (χ3n) is 6.67. The molecular weight excluding hydrogens is 444 g/mol. The smallest absolute Gasteiger partial charge is 0.266 e. The Labute approximate surface area is 206 Å². The molecule has 3 aliphatic rings. The van der Waals surface area contributed by atoms with Gasteiger partial charge in [-0.25, -0.2) is 4.99 Å². The zero-order chi connectivity index (χ0) is 23.5. The van der Waals surface area contributed by atoms with E-state index in [-0.39, 0.29) is 5.91 Å². The molecule has 0 aromatic heterocycles. The Morgan fingerprint density at radius 3 is 2.32 bits per heavy atom. The Morgan fingerprint density at radius 2 is 1.65 bits per heavy atom. The molecule has 178 valence electrons. The van der Waals surface area contributed by atoms with Crippen molar-refractivity contribution in [1.82, 2.24) is 4.90 Å². The van der Waals surface area contributed by atoms with E-state index in [2.05, 4.69) is 47.1 Å². The molecule has 0 radical (unpaired) electrons. The third-order valence-corrected chi connectivity index (χ3v) is 7.67. The van der Waals surface area contributed by atoms with Gasteiger partial charge in [-0.15, -0.1) is 0 Å². The van der Waals surface area contributed by atoms with Crippen LogP contribution >= 0.6 is 11.8 Å². The Morgan fingerprint density at radius 1 is 0.971 bits per heavy atom. The first-order valence-corrected chi connectivity index (χ1v) is 13.0. The molecule has 34 heavy (non-hydrogen) atoms. The van der Waals surface area contributed by atoms with Crippen LogP contribution in [0.25, 0.3) is 6.08 Å². The summed E-state index contributed by atoms with van der Waals surface area (Å²) in [6.45, 7) is 10.3. The first-order chi connectivity index (χ1) is 16.6. The summed E-state index contributed by atoms with van der Waals surface area (Å²) in [4.78, 5) is 25.2. The third kappa shape index (κ3) is 4.86. The minimum Gasteiger partial charge on any atom is -0.378 e.